The average Bonchev–Trinajstić information content (AvgIpc) is 2.99. The molecule has 0 radical (unpaired) electrons. The van der Waals surface area contributed by atoms with E-state index in [1.54, 1.807) is 0 Å². The second-order valence-electron chi connectivity index (χ2n) is 4.74. The molecule has 0 aromatic carbocycles. The molecule has 1 fully saturated rings. The normalized spacial score (nSPS) is 25.3. The van der Waals surface area contributed by atoms with Crippen LogP contribution in [-0.2, 0) is 6.54 Å². The van der Waals surface area contributed by atoms with Crippen LogP contribution in [0, 0.1) is 0 Å². The van der Waals surface area contributed by atoms with Crippen molar-refractivity contribution in [3.05, 3.63) is 11.6 Å². The summed E-state index contributed by atoms with van der Waals surface area (Å²) in [5.74, 6) is 3.52. The summed E-state index contributed by atoms with van der Waals surface area (Å²) in [4.78, 5) is 4.71. The first-order valence-corrected chi connectivity index (χ1v) is 6.03. The van der Waals surface area contributed by atoms with Crippen molar-refractivity contribution in [2.75, 3.05) is 6.54 Å². The third kappa shape index (κ3) is 1.67. The van der Waals surface area contributed by atoms with Gasteiger partial charge in [0.25, 0.3) is 0 Å². The van der Waals surface area contributed by atoms with Crippen LogP contribution >= 0.6 is 0 Å². The number of nitrogens with two attached hydrogens (primary N) is 1. The standard InChI is InChI=1S/C11H18N4/c12-6-5-9-2-1-7-15-11(9)13-10(14-15)8-3-4-8/h8-9H,1-7,12H2. The van der Waals surface area contributed by atoms with E-state index in [4.69, 9.17) is 10.7 Å². The number of nitrogens with zero attached hydrogens (tertiary/aromatic N) is 3. The summed E-state index contributed by atoms with van der Waals surface area (Å²) in [5.41, 5.74) is 5.64. The van der Waals surface area contributed by atoms with E-state index in [-0.39, 0.29) is 0 Å². The highest BCUT2D eigenvalue weighted by Crippen LogP contribution is 2.39. The van der Waals surface area contributed by atoms with Gasteiger partial charge >= 0.3 is 0 Å². The molecule has 4 nitrogen and oxygen atoms in total. The molecule has 2 N–H and O–H groups in total. The second-order valence-corrected chi connectivity index (χ2v) is 4.74. The van der Waals surface area contributed by atoms with Crippen molar-refractivity contribution in [3.63, 3.8) is 0 Å². The van der Waals surface area contributed by atoms with Crippen molar-refractivity contribution in [2.24, 2.45) is 5.73 Å². The Bertz CT molecular complexity index is 353. The topological polar surface area (TPSA) is 56.7 Å². The summed E-state index contributed by atoms with van der Waals surface area (Å²) in [5, 5.41) is 4.61. The monoisotopic (exact) mass is 206 g/mol. The molecule has 1 aliphatic carbocycles. The zero-order chi connectivity index (χ0) is 10.3. The molecule has 1 aromatic rings. The Morgan fingerprint density at radius 2 is 2.20 bits per heavy atom. The highest BCUT2D eigenvalue weighted by molar-refractivity contribution is 5.10. The van der Waals surface area contributed by atoms with Crippen LogP contribution in [0.25, 0.3) is 0 Å². The minimum absolute atomic E-state index is 0.559. The van der Waals surface area contributed by atoms with Crippen molar-refractivity contribution in [1.82, 2.24) is 14.8 Å². The van der Waals surface area contributed by atoms with Gasteiger partial charge in [-0.1, -0.05) is 0 Å². The number of rotatable bonds is 3. The Morgan fingerprint density at radius 3 is 2.93 bits per heavy atom. The first-order valence-electron chi connectivity index (χ1n) is 6.03. The van der Waals surface area contributed by atoms with Gasteiger partial charge in [0.15, 0.2) is 5.82 Å². The molecular formula is C11H18N4. The molecule has 1 saturated carbocycles. The van der Waals surface area contributed by atoms with E-state index >= 15 is 0 Å². The minimum atomic E-state index is 0.559. The van der Waals surface area contributed by atoms with Gasteiger partial charge < -0.3 is 5.73 Å². The van der Waals surface area contributed by atoms with Crippen LogP contribution in [0.5, 0.6) is 0 Å². The highest BCUT2D eigenvalue weighted by atomic mass is 15.4. The Hall–Kier alpha value is -0.900. The maximum absolute atomic E-state index is 5.64. The molecule has 1 aliphatic heterocycles. The summed E-state index contributed by atoms with van der Waals surface area (Å²) in [6.45, 7) is 1.81. The van der Waals surface area contributed by atoms with Gasteiger partial charge in [0, 0.05) is 18.4 Å². The summed E-state index contributed by atoms with van der Waals surface area (Å²) in [6, 6.07) is 0. The molecule has 4 heteroatoms. The molecule has 1 aromatic heterocycles. The summed E-state index contributed by atoms with van der Waals surface area (Å²) >= 11 is 0. The number of hydrogen-bond acceptors (Lipinski definition) is 3. The Morgan fingerprint density at radius 1 is 1.33 bits per heavy atom. The van der Waals surface area contributed by atoms with Crippen LogP contribution in [0.3, 0.4) is 0 Å². The maximum atomic E-state index is 5.64. The van der Waals surface area contributed by atoms with E-state index in [1.807, 2.05) is 0 Å². The second kappa shape index (κ2) is 3.59. The average molecular weight is 206 g/mol. The van der Waals surface area contributed by atoms with Gasteiger partial charge in [-0.15, -0.1) is 0 Å². The SMILES string of the molecule is NCCC1CCCn2nc(C3CC3)nc21. The summed E-state index contributed by atoms with van der Waals surface area (Å²) in [6.07, 6.45) is 6.09. The van der Waals surface area contributed by atoms with Crippen LogP contribution < -0.4 is 5.73 Å². The quantitative estimate of drug-likeness (QED) is 0.813. The number of fused-ring (bicyclic) bond motifs is 1. The van der Waals surface area contributed by atoms with Crippen molar-refractivity contribution in [3.8, 4) is 0 Å². The molecule has 15 heavy (non-hydrogen) atoms. The molecule has 82 valence electrons. The molecule has 0 amide bonds. The largest absolute Gasteiger partial charge is 0.330 e. The van der Waals surface area contributed by atoms with Crippen LogP contribution in [0.2, 0.25) is 0 Å². The van der Waals surface area contributed by atoms with E-state index < -0.39 is 0 Å². The fraction of sp³-hybridized carbons (Fsp3) is 0.818. The lowest BCUT2D eigenvalue weighted by atomic mass is 9.96. The number of aromatic nitrogens is 3. The third-order valence-electron chi connectivity index (χ3n) is 3.46. The number of hydrogen-bond donors (Lipinski definition) is 1. The van der Waals surface area contributed by atoms with E-state index in [1.165, 1.54) is 31.5 Å². The van der Waals surface area contributed by atoms with Gasteiger partial charge in [0.1, 0.15) is 5.82 Å². The van der Waals surface area contributed by atoms with Gasteiger partial charge in [-0.25, -0.2) is 9.67 Å². The third-order valence-corrected chi connectivity index (χ3v) is 3.46. The van der Waals surface area contributed by atoms with Gasteiger partial charge in [-0.05, 0) is 38.6 Å². The van der Waals surface area contributed by atoms with Crippen LogP contribution in [0.15, 0.2) is 0 Å². The van der Waals surface area contributed by atoms with E-state index in [9.17, 15) is 0 Å². The van der Waals surface area contributed by atoms with Gasteiger partial charge in [0.05, 0.1) is 0 Å². The van der Waals surface area contributed by atoms with Gasteiger partial charge in [-0.3, -0.25) is 0 Å². The lowest BCUT2D eigenvalue weighted by Gasteiger charge is -2.21. The van der Waals surface area contributed by atoms with Gasteiger partial charge in [-0.2, -0.15) is 5.10 Å². The fourth-order valence-electron chi connectivity index (χ4n) is 2.44. The molecular weight excluding hydrogens is 188 g/mol. The predicted octanol–water partition coefficient (Wildman–Crippen LogP) is 1.38. The maximum Gasteiger partial charge on any atom is 0.154 e. The zero-order valence-electron chi connectivity index (χ0n) is 9.02. The van der Waals surface area contributed by atoms with Gasteiger partial charge in [0.2, 0.25) is 0 Å². The first-order chi connectivity index (χ1) is 7.38. The highest BCUT2D eigenvalue weighted by Gasteiger charge is 2.31. The van der Waals surface area contributed by atoms with E-state index in [2.05, 4.69) is 9.78 Å². The summed E-state index contributed by atoms with van der Waals surface area (Å²) in [7, 11) is 0. The lowest BCUT2D eigenvalue weighted by Crippen LogP contribution is -2.19. The minimum Gasteiger partial charge on any atom is -0.330 e. The van der Waals surface area contributed by atoms with Crippen molar-refractivity contribution < 1.29 is 0 Å². The first kappa shape index (κ1) is 9.33. The van der Waals surface area contributed by atoms with Crippen LogP contribution in [-0.4, -0.2) is 21.3 Å². The molecule has 2 aliphatic rings. The summed E-state index contributed by atoms with van der Waals surface area (Å²) < 4.78 is 2.12. The Kier molecular flexibility index (Phi) is 2.24. The molecule has 0 spiro atoms. The zero-order valence-corrected chi connectivity index (χ0v) is 9.02. The Balaban J connectivity index is 1.88. The predicted molar refractivity (Wildman–Crippen MR) is 57.6 cm³/mol. The molecule has 2 heterocycles. The molecule has 0 saturated heterocycles. The van der Waals surface area contributed by atoms with Crippen molar-refractivity contribution in [1.29, 1.82) is 0 Å². The molecule has 1 unspecified atom stereocenters. The molecule has 1 atom stereocenters. The van der Waals surface area contributed by atoms with Crippen LogP contribution in [0.4, 0.5) is 0 Å². The lowest BCUT2D eigenvalue weighted by molar-refractivity contribution is 0.403. The van der Waals surface area contributed by atoms with Crippen molar-refractivity contribution >= 4 is 0 Å². The van der Waals surface area contributed by atoms with E-state index in [0.29, 0.717) is 11.8 Å². The molecule has 3 rings (SSSR count). The fourth-order valence-corrected chi connectivity index (χ4v) is 2.44. The molecule has 0 bridgehead atoms. The van der Waals surface area contributed by atoms with Crippen molar-refractivity contribution in [2.45, 2.75) is 50.5 Å². The van der Waals surface area contributed by atoms with Crippen LogP contribution in [0.1, 0.15) is 55.6 Å². The van der Waals surface area contributed by atoms with E-state index in [0.717, 1.165) is 25.3 Å². The number of aryl methyl sites for hydroxylation is 1. The smallest absolute Gasteiger partial charge is 0.154 e. The Labute approximate surface area is 89.9 Å².